The van der Waals surface area contributed by atoms with Crippen molar-refractivity contribution in [1.82, 2.24) is 9.78 Å². The Bertz CT molecular complexity index is 1140. The van der Waals surface area contributed by atoms with Crippen LogP contribution in [0.5, 0.6) is 0 Å². The average molecular weight is 420 g/mol. The van der Waals surface area contributed by atoms with E-state index < -0.39 is 9.84 Å². The molecular formula is C20H22ClN3O3S. The van der Waals surface area contributed by atoms with Gasteiger partial charge in [-0.25, -0.2) is 8.42 Å². The van der Waals surface area contributed by atoms with Crippen molar-refractivity contribution in [3.05, 3.63) is 53.2 Å². The van der Waals surface area contributed by atoms with Gasteiger partial charge in [-0.05, 0) is 29.7 Å². The van der Waals surface area contributed by atoms with E-state index in [1.54, 1.807) is 35.1 Å². The van der Waals surface area contributed by atoms with Crippen molar-refractivity contribution in [3.63, 3.8) is 0 Å². The maximum Gasteiger partial charge on any atom is 0.228 e. The number of rotatable bonds is 6. The summed E-state index contributed by atoms with van der Waals surface area (Å²) in [5, 5.41) is 8.29. The van der Waals surface area contributed by atoms with Crippen LogP contribution < -0.4 is 5.32 Å². The van der Waals surface area contributed by atoms with E-state index in [0.29, 0.717) is 39.6 Å². The number of sulfone groups is 1. The van der Waals surface area contributed by atoms with E-state index in [1.807, 2.05) is 6.07 Å². The number of carbonyl (C=O) groups is 1. The van der Waals surface area contributed by atoms with Crippen LogP contribution in [-0.2, 0) is 27.6 Å². The highest BCUT2D eigenvalue weighted by atomic mass is 35.5. The van der Waals surface area contributed by atoms with Gasteiger partial charge in [-0.15, -0.1) is 0 Å². The van der Waals surface area contributed by atoms with Crippen molar-refractivity contribution in [2.24, 2.45) is 5.92 Å². The molecule has 0 unspecified atom stereocenters. The molecule has 1 N–H and O–H groups in total. The van der Waals surface area contributed by atoms with Gasteiger partial charge >= 0.3 is 0 Å². The molecule has 0 radical (unpaired) electrons. The van der Waals surface area contributed by atoms with Gasteiger partial charge in [0.25, 0.3) is 0 Å². The highest BCUT2D eigenvalue weighted by Crippen LogP contribution is 2.27. The van der Waals surface area contributed by atoms with Gasteiger partial charge in [0.05, 0.1) is 16.8 Å². The van der Waals surface area contributed by atoms with Gasteiger partial charge < -0.3 is 5.32 Å². The number of benzene rings is 2. The Balaban J connectivity index is 1.94. The fourth-order valence-corrected chi connectivity index (χ4v) is 4.11. The summed E-state index contributed by atoms with van der Waals surface area (Å²) >= 11 is 6.11. The van der Waals surface area contributed by atoms with E-state index in [1.165, 1.54) is 6.07 Å². The summed E-state index contributed by atoms with van der Waals surface area (Å²) in [4.78, 5) is 12.6. The molecule has 3 aromatic rings. The smallest absolute Gasteiger partial charge is 0.228 e. The number of aromatic nitrogens is 2. The zero-order valence-electron chi connectivity index (χ0n) is 15.9. The molecule has 0 aliphatic carbocycles. The van der Waals surface area contributed by atoms with Gasteiger partial charge in [-0.2, -0.15) is 5.10 Å². The monoisotopic (exact) mass is 419 g/mol. The van der Waals surface area contributed by atoms with Crippen molar-refractivity contribution in [2.45, 2.75) is 31.7 Å². The lowest BCUT2D eigenvalue weighted by Crippen LogP contribution is -2.15. The van der Waals surface area contributed by atoms with Crippen LogP contribution in [0, 0.1) is 5.92 Å². The summed E-state index contributed by atoms with van der Waals surface area (Å²) in [6, 6.07) is 10.3. The van der Waals surface area contributed by atoms with Gasteiger partial charge in [0.1, 0.15) is 0 Å². The van der Waals surface area contributed by atoms with Crippen LogP contribution in [0.4, 0.5) is 5.69 Å². The maximum absolute atomic E-state index is 12.4. The van der Waals surface area contributed by atoms with Crippen LogP contribution in [0.3, 0.4) is 0 Å². The molecule has 6 nitrogen and oxygen atoms in total. The minimum Gasteiger partial charge on any atom is -0.326 e. The number of carbonyl (C=O) groups excluding carboxylic acids is 1. The second-order valence-electron chi connectivity index (χ2n) is 7.24. The third-order valence-electron chi connectivity index (χ3n) is 4.18. The molecule has 0 saturated carbocycles. The maximum atomic E-state index is 12.4. The van der Waals surface area contributed by atoms with Crippen molar-refractivity contribution < 1.29 is 13.2 Å². The topological polar surface area (TPSA) is 81.1 Å². The lowest BCUT2D eigenvalue weighted by atomic mass is 10.1. The molecule has 0 saturated heterocycles. The molecule has 28 heavy (non-hydrogen) atoms. The highest BCUT2D eigenvalue weighted by Gasteiger charge is 2.18. The molecule has 0 aliphatic heterocycles. The molecule has 148 valence electrons. The van der Waals surface area contributed by atoms with Crippen molar-refractivity contribution in [3.8, 4) is 0 Å². The first-order chi connectivity index (χ1) is 13.1. The molecule has 1 heterocycles. The lowest BCUT2D eigenvalue weighted by Gasteiger charge is -2.09. The summed E-state index contributed by atoms with van der Waals surface area (Å²) < 4.78 is 26.3. The molecular weight excluding hydrogens is 398 g/mol. The number of hydrogen-bond donors (Lipinski definition) is 1. The molecule has 2 aromatic carbocycles. The van der Waals surface area contributed by atoms with Crippen molar-refractivity contribution in [2.75, 3.05) is 11.6 Å². The molecule has 1 amide bonds. The van der Waals surface area contributed by atoms with E-state index in [4.69, 9.17) is 11.6 Å². The fourth-order valence-electron chi connectivity index (χ4n) is 3.01. The Kier molecular flexibility index (Phi) is 5.76. The van der Waals surface area contributed by atoms with Crippen LogP contribution in [-0.4, -0.2) is 30.4 Å². The van der Waals surface area contributed by atoms with E-state index in [9.17, 15) is 13.2 Å². The standard InChI is InChI=1S/C20H22ClN3O3S/c1-13(2)11-24-12-16-18(23-24)9-15(10-19(16)28(3,26)27)22-20(25)8-14-6-4-5-7-17(14)21/h4-7,9-10,12-13H,8,11H2,1-3H3,(H,22,25). The minimum atomic E-state index is -3.49. The molecule has 1 aromatic heterocycles. The van der Waals surface area contributed by atoms with Crippen molar-refractivity contribution >= 4 is 43.9 Å². The SMILES string of the molecule is CC(C)Cn1cc2c(S(C)(=O)=O)cc(NC(=O)Cc3ccccc3Cl)cc2n1. The summed E-state index contributed by atoms with van der Waals surface area (Å²) in [7, 11) is -3.49. The number of amides is 1. The third kappa shape index (κ3) is 4.72. The Labute approximate surface area is 169 Å². The van der Waals surface area contributed by atoms with E-state index in [2.05, 4.69) is 24.3 Å². The predicted molar refractivity (Wildman–Crippen MR) is 111 cm³/mol. The third-order valence-corrected chi connectivity index (χ3v) is 5.68. The highest BCUT2D eigenvalue weighted by molar-refractivity contribution is 7.91. The van der Waals surface area contributed by atoms with Gasteiger partial charge in [-0.3, -0.25) is 9.48 Å². The van der Waals surface area contributed by atoms with Crippen LogP contribution in [0.25, 0.3) is 10.9 Å². The molecule has 3 rings (SSSR count). The normalized spacial score (nSPS) is 11.9. The minimum absolute atomic E-state index is 0.0910. The Morgan fingerprint density at radius 3 is 2.61 bits per heavy atom. The fraction of sp³-hybridized carbons (Fsp3) is 0.300. The zero-order chi connectivity index (χ0) is 20.5. The van der Waals surface area contributed by atoms with Crippen LogP contribution in [0.1, 0.15) is 19.4 Å². The number of halogens is 1. The number of nitrogens with zero attached hydrogens (tertiary/aromatic N) is 2. The largest absolute Gasteiger partial charge is 0.326 e. The first-order valence-electron chi connectivity index (χ1n) is 8.88. The summed E-state index contributed by atoms with van der Waals surface area (Å²) in [6.07, 6.45) is 2.98. The molecule has 8 heteroatoms. The zero-order valence-corrected chi connectivity index (χ0v) is 17.5. The molecule has 0 aliphatic rings. The second-order valence-corrected chi connectivity index (χ2v) is 9.63. The number of fused-ring (bicyclic) bond motifs is 1. The van der Waals surface area contributed by atoms with E-state index in [0.717, 1.165) is 6.26 Å². The Morgan fingerprint density at radius 1 is 1.25 bits per heavy atom. The Morgan fingerprint density at radius 2 is 1.96 bits per heavy atom. The average Bonchev–Trinajstić information content (AvgIpc) is 2.96. The van der Waals surface area contributed by atoms with Crippen LogP contribution in [0.15, 0.2) is 47.5 Å². The van der Waals surface area contributed by atoms with Gasteiger partial charge in [0.15, 0.2) is 9.84 Å². The lowest BCUT2D eigenvalue weighted by molar-refractivity contribution is -0.115. The first-order valence-corrected chi connectivity index (χ1v) is 11.1. The molecule has 0 fully saturated rings. The van der Waals surface area contributed by atoms with E-state index >= 15 is 0 Å². The number of anilines is 1. The predicted octanol–water partition coefficient (Wildman–Crippen LogP) is 3.93. The molecule has 0 bridgehead atoms. The number of nitrogens with one attached hydrogen (secondary N) is 1. The van der Waals surface area contributed by atoms with Crippen LogP contribution >= 0.6 is 11.6 Å². The van der Waals surface area contributed by atoms with Crippen molar-refractivity contribution in [1.29, 1.82) is 0 Å². The van der Waals surface area contributed by atoms with Gasteiger partial charge in [0, 0.05) is 35.1 Å². The second kappa shape index (κ2) is 7.93. The van der Waals surface area contributed by atoms with E-state index in [-0.39, 0.29) is 17.2 Å². The van der Waals surface area contributed by atoms with Gasteiger partial charge in [0.2, 0.25) is 5.91 Å². The van der Waals surface area contributed by atoms with Crippen LogP contribution in [0.2, 0.25) is 5.02 Å². The first kappa shape index (κ1) is 20.4. The summed E-state index contributed by atoms with van der Waals surface area (Å²) in [6.45, 7) is 4.79. The Hall–Kier alpha value is -2.38. The molecule has 0 atom stereocenters. The van der Waals surface area contributed by atoms with Gasteiger partial charge in [-0.1, -0.05) is 43.6 Å². The quantitative estimate of drug-likeness (QED) is 0.656. The molecule has 0 spiro atoms. The summed E-state index contributed by atoms with van der Waals surface area (Å²) in [5.41, 5.74) is 1.61. The number of hydrogen-bond acceptors (Lipinski definition) is 4. The summed E-state index contributed by atoms with van der Waals surface area (Å²) in [5.74, 6) is 0.0827.